The highest BCUT2D eigenvalue weighted by Crippen LogP contribution is 1.92. The molecular weight excluding hydrogens is 206 g/mol. The van der Waals surface area contributed by atoms with Gasteiger partial charge >= 0.3 is 5.97 Å². The molecule has 0 aromatic carbocycles. The molecule has 0 heterocycles. The lowest BCUT2D eigenvalue weighted by atomic mass is 10.3. The minimum absolute atomic E-state index is 0.00153. The van der Waals surface area contributed by atoms with E-state index < -0.39 is 21.8 Å². The van der Waals surface area contributed by atoms with E-state index in [1.807, 2.05) is 0 Å². The monoisotopic (exact) mass is 223 g/mol. The molecule has 0 aliphatic carbocycles. The first-order chi connectivity index (χ1) is 6.39. The molecule has 0 aliphatic heterocycles. The van der Waals surface area contributed by atoms with Gasteiger partial charge in [0.15, 0.2) is 9.84 Å². The topological polar surface area (TPSA) is 83.5 Å². The molecule has 0 amide bonds. The van der Waals surface area contributed by atoms with E-state index in [9.17, 15) is 13.2 Å². The van der Waals surface area contributed by atoms with Crippen molar-refractivity contribution in [2.24, 2.45) is 0 Å². The van der Waals surface area contributed by atoms with Gasteiger partial charge in [-0.15, -0.1) is 0 Å². The Kier molecular flexibility index (Phi) is 5.71. The van der Waals surface area contributed by atoms with E-state index in [-0.39, 0.29) is 18.1 Å². The van der Waals surface area contributed by atoms with Crippen LogP contribution >= 0.6 is 0 Å². The predicted octanol–water partition coefficient (Wildman–Crippen LogP) is -0.126. The number of sulfone groups is 1. The Bertz CT molecular complexity index is 273. The summed E-state index contributed by atoms with van der Waals surface area (Å²) in [5.74, 6) is -0.813. The smallest absolute Gasteiger partial charge is 0.320 e. The minimum Gasteiger partial charge on any atom is -0.480 e. The van der Waals surface area contributed by atoms with Gasteiger partial charge in [0, 0.05) is 12.3 Å². The van der Waals surface area contributed by atoms with E-state index in [4.69, 9.17) is 5.11 Å². The highest BCUT2D eigenvalue weighted by molar-refractivity contribution is 7.91. The van der Waals surface area contributed by atoms with Crippen LogP contribution < -0.4 is 5.32 Å². The van der Waals surface area contributed by atoms with Gasteiger partial charge in [-0.3, -0.25) is 4.79 Å². The molecule has 1 atom stereocenters. The quantitative estimate of drug-likeness (QED) is 0.628. The van der Waals surface area contributed by atoms with Crippen LogP contribution in [0.1, 0.15) is 20.3 Å². The van der Waals surface area contributed by atoms with Crippen LogP contribution in [0.25, 0.3) is 0 Å². The number of aliphatic carboxylic acids is 1. The average molecular weight is 223 g/mol. The summed E-state index contributed by atoms with van der Waals surface area (Å²) >= 11 is 0. The van der Waals surface area contributed by atoms with Crippen molar-refractivity contribution in [3.05, 3.63) is 0 Å². The van der Waals surface area contributed by atoms with Gasteiger partial charge in [0.05, 0.1) is 5.75 Å². The fourth-order valence-corrected chi connectivity index (χ4v) is 2.19. The third-order valence-corrected chi connectivity index (χ3v) is 3.61. The molecule has 0 fully saturated rings. The summed E-state index contributed by atoms with van der Waals surface area (Å²) in [4.78, 5) is 10.4. The van der Waals surface area contributed by atoms with E-state index in [0.717, 1.165) is 0 Å². The maximum absolute atomic E-state index is 11.2. The zero-order valence-corrected chi connectivity index (χ0v) is 9.30. The van der Waals surface area contributed by atoms with Crippen molar-refractivity contribution in [2.45, 2.75) is 26.3 Å². The van der Waals surface area contributed by atoms with E-state index >= 15 is 0 Å². The van der Waals surface area contributed by atoms with Crippen LogP contribution in [0.5, 0.6) is 0 Å². The molecule has 5 nitrogen and oxygen atoms in total. The van der Waals surface area contributed by atoms with Crippen molar-refractivity contribution in [3.63, 3.8) is 0 Å². The van der Waals surface area contributed by atoms with Gasteiger partial charge in [0.2, 0.25) is 0 Å². The van der Waals surface area contributed by atoms with E-state index in [2.05, 4.69) is 5.32 Å². The summed E-state index contributed by atoms with van der Waals surface area (Å²) in [6, 6.07) is -0.702. The molecule has 0 aromatic rings. The molecule has 0 saturated heterocycles. The number of carboxylic acid groups (broad SMARTS) is 1. The Labute approximate surface area is 84.4 Å². The minimum atomic E-state index is -3.01. The Morgan fingerprint density at radius 2 is 2.00 bits per heavy atom. The first-order valence-electron chi connectivity index (χ1n) is 4.55. The standard InChI is InChI=1S/C8H17NO4S/c1-3-5-14(12,13)6-4-9-7(2)8(10)11/h7,9H,3-6H2,1-2H3,(H,10,11)/t7-/m0/s1. The van der Waals surface area contributed by atoms with Crippen LogP contribution in [-0.2, 0) is 14.6 Å². The van der Waals surface area contributed by atoms with Gasteiger partial charge in [-0.2, -0.15) is 0 Å². The molecule has 0 bridgehead atoms. The molecule has 14 heavy (non-hydrogen) atoms. The fourth-order valence-electron chi connectivity index (χ4n) is 0.931. The molecule has 84 valence electrons. The predicted molar refractivity (Wildman–Crippen MR) is 54.0 cm³/mol. The van der Waals surface area contributed by atoms with Crippen LogP contribution in [0.4, 0.5) is 0 Å². The normalized spacial score (nSPS) is 13.9. The summed E-state index contributed by atoms with van der Waals surface area (Å²) in [5.41, 5.74) is 0. The molecule has 0 aliphatic rings. The zero-order valence-electron chi connectivity index (χ0n) is 8.49. The molecule has 0 aromatic heterocycles. The Morgan fingerprint density at radius 1 is 1.43 bits per heavy atom. The molecule has 0 saturated carbocycles. The highest BCUT2D eigenvalue weighted by Gasteiger charge is 2.12. The maximum atomic E-state index is 11.2. The molecule has 0 unspecified atom stereocenters. The van der Waals surface area contributed by atoms with Crippen molar-refractivity contribution in [1.29, 1.82) is 0 Å². The SMILES string of the molecule is CCCS(=O)(=O)CCN[C@@H](C)C(=O)O. The molecule has 0 radical (unpaired) electrons. The number of carbonyl (C=O) groups is 1. The van der Waals surface area contributed by atoms with Gasteiger partial charge < -0.3 is 10.4 Å². The van der Waals surface area contributed by atoms with Crippen LogP contribution in [0.2, 0.25) is 0 Å². The lowest BCUT2D eigenvalue weighted by Crippen LogP contribution is -2.37. The summed E-state index contributed by atoms with van der Waals surface area (Å²) in [5, 5.41) is 11.1. The van der Waals surface area contributed by atoms with E-state index in [1.54, 1.807) is 6.92 Å². The number of nitrogens with one attached hydrogen (secondary N) is 1. The van der Waals surface area contributed by atoms with Gasteiger partial charge in [-0.05, 0) is 13.3 Å². The van der Waals surface area contributed by atoms with Crippen molar-refractivity contribution in [2.75, 3.05) is 18.1 Å². The van der Waals surface area contributed by atoms with Gasteiger partial charge in [-0.1, -0.05) is 6.92 Å². The summed E-state index contributed by atoms with van der Waals surface area (Å²) in [6.07, 6.45) is 0.594. The summed E-state index contributed by atoms with van der Waals surface area (Å²) in [7, 11) is -3.01. The van der Waals surface area contributed by atoms with Crippen molar-refractivity contribution in [1.82, 2.24) is 5.32 Å². The van der Waals surface area contributed by atoms with Gasteiger partial charge in [-0.25, -0.2) is 8.42 Å². The second-order valence-electron chi connectivity index (χ2n) is 3.17. The van der Waals surface area contributed by atoms with Crippen molar-refractivity contribution >= 4 is 15.8 Å². The maximum Gasteiger partial charge on any atom is 0.320 e. The molecule has 6 heteroatoms. The van der Waals surface area contributed by atoms with Gasteiger partial charge in [0.1, 0.15) is 6.04 Å². The second kappa shape index (κ2) is 5.98. The first kappa shape index (κ1) is 13.4. The Morgan fingerprint density at radius 3 is 2.43 bits per heavy atom. The lowest BCUT2D eigenvalue weighted by Gasteiger charge is -2.08. The van der Waals surface area contributed by atoms with Crippen LogP contribution in [-0.4, -0.2) is 43.6 Å². The third-order valence-electron chi connectivity index (χ3n) is 1.75. The molecular formula is C8H17NO4S. The highest BCUT2D eigenvalue weighted by atomic mass is 32.2. The Hall–Kier alpha value is -0.620. The third kappa shape index (κ3) is 5.93. The fraction of sp³-hybridized carbons (Fsp3) is 0.875. The van der Waals surface area contributed by atoms with Gasteiger partial charge in [0.25, 0.3) is 0 Å². The van der Waals surface area contributed by atoms with Crippen LogP contribution in [0, 0.1) is 0 Å². The molecule has 0 rings (SSSR count). The number of carboxylic acids is 1. The first-order valence-corrected chi connectivity index (χ1v) is 6.38. The number of hydrogen-bond donors (Lipinski definition) is 2. The lowest BCUT2D eigenvalue weighted by molar-refractivity contribution is -0.138. The number of rotatable bonds is 7. The Balaban J connectivity index is 3.79. The van der Waals surface area contributed by atoms with Crippen molar-refractivity contribution in [3.8, 4) is 0 Å². The summed E-state index contributed by atoms with van der Waals surface area (Å²) < 4.78 is 22.4. The second-order valence-corrected chi connectivity index (χ2v) is 5.47. The number of hydrogen-bond acceptors (Lipinski definition) is 4. The van der Waals surface area contributed by atoms with E-state index in [1.165, 1.54) is 6.92 Å². The van der Waals surface area contributed by atoms with E-state index in [0.29, 0.717) is 6.42 Å². The zero-order chi connectivity index (χ0) is 11.2. The average Bonchev–Trinajstić information content (AvgIpc) is 2.03. The van der Waals surface area contributed by atoms with Crippen LogP contribution in [0.3, 0.4) is 0 Å². The largest absolute Gasteiger partial charge is 0.480 e. The molecule has 2 N–H and O–H groups in total. The summed E-state index contributed by atoms with van der Waals surface area (Å²) in [6.45, 7) is 3.47. The van der Waals surface area contributed by atoms with Crippen molar-refractivity contribution < 1.29 is 18.3 Å². The molecule has 0 spiro atoms. The van der Waals surface area contributed by atoms with Crippen LogP contribution in [0.15, 0.2) is 0 Å².